The first-order valence-electron chi connectivity index (χ1n) is 6.16. The van der Waals surface area contributed by atoms with E-state index in [1.807, 2.05) is 41.0 Å². The number of nitrogens with two attached hydrogens (primary N) is 1. The van der Waals surface area contributed by atoms with Crippen LogP contribution >= 0.6 is 0 Å². The Hall–Kier alpha value is -2.82. The summed E-state index contributed by atoms with van der Waals surface area (Å²) in [6.45, 7) is 0. The molecule has 100 valence electrons. The first kappa shape index (κ1) is 12.2. The summed E-state index contributed by atoms with van der Waals surface area (Å²) in [5.74, 6) is 1.31. The highest BCUT2D eigenvalue weighted by Gasteiger charge is 2.07. The summed E-state index contributed by atoms with van der Waals surface area (Å²) in [6, 6.07) is 11.5. The Bertz CT molecular complexity index is 719. The van der Waals surface area contributed by atoms with E-state index < -0.39 is 0 Å². The molecule has 0 aliphatic heterocycles. The summed E-state index contributed by atoms with van der Waals surface area (Å²) in [7, 11) is 1.65. The Morgan fingerprint density at radius 1 is 1.15 bits per heavy atom. The van der Waals surface area contributed by atoms with E-state index in [1.54, 1.807) is 25.8 Å². The van der Waals surface area contributed by atoms with Crippen molar-refractivity contribution >= 4 is 5.82 Å². The van der Waals surface area contributed by atoms with Crippen LogP contribution in [-0.2, 0) is 0 Å². The molecule has 0 bridgehead atoms. The molecule has 2 heterocycles. The smallest absolute Gasteiger partial charge is 0.123 e. The van der Waals surface area contributed by atoms with Crippen molar-refractivity contribution in [1.29, 1.82) is 0 Å². The second-order valence-electron chi connectivity index (χ2n) is 4.32. The van der Waals surface area contributed by atoms with Gasteiger partial charge in [0.15, 0.2) is 0 Å². The van der Waals surface area contributed by atoms with E-state index in [2.05, 4.69) is 9.97 Å². The zero-order chi connectivity index (χ0) is 13.9. The van der Waals surface area contributed by atoms with Crippen LogP contribution in [0.15, 0.2) is 55.1 Å². The summed E-state index contributed by atoms with van der Waals surface area (Å²) < 4.78 is 7.16. The van der Waals surface area contributed by atoms with Gasteiger partial charge >= 0.3 is 0 Å². The van der Waals surface area contributed by atoms with E-state index in [1.165, 1.54) is 0 Å². The van der Waals surface area contributed by atoms with E-state index in [9.17, 15) is 0 Å². The number of nitrogens with zero attached hydrogens (tertiary/aromatic N) is 3. The number of hydrogen-bond donors (Lipinski definition) is 1. The second kappa shape index (κ2) is 5.05. The monoisotopic (exact) mass is 266 g/mol. The average Bonchev–Trinajstić information content (AvgIpc) is 2.97. The minimum absolute atomic E-state index is 0.491. The van der Waals surface area contributed by atoms with Crippen molar-refractivity contribution in [2.75, 3.05) is 12.8 Å². The molecule has 0 amide bonds. The van der Waals surface area contributed by atoms with Crippen LogP contribution in [0.25, 0.3) is 16.9 Å². The van der Waals surface area contributed by atoms with Crippen molar-refractivity contribution in [3.05, 3.63) is 55.1 Å². The molecular weight excluding hydrogens is 252 g/mol. The Labute approximate surface area is 116 Å². The van der Waals surface area contributed by atoms with E-state index in [-0.39, 0.29) is 0 Å². The quantitative estimate of drug-likeness (QED) is 0.791. The summed E-state index contributed by atoms with van der Waals surface area (Å²) in [5, 5.41) is 0. The topological polar surface area (TPSA) is 66.0 Å². The molecule has 20 heavy (non-hydrogen) atoms. The molecule has 0 aliphatic carbocycles. The molecule has 0 saturated heterocycles. The maximum Gasteiger partial charge on any atom is 0.123 e. The zero-order valence-electron chi connectivity index (χ0n) is 11.0. The molecule has 3 aromatic rings. The van der Waals surface area contributed by atoms with E-state index in [0.717, 1.165) is 22.7 Å². The average molecular weight is 266 g/mol. The van der Waals surface area contributed by atoms with Crippen LogP contribution in [-0.4, -0.2) is 21.6 Å². The Morgan fingerprint density at radius 3 is 2.65 bits per heavy atom. The maximum absolute atomic E-state index is 5.73. The minimum atomic E-state index is 0.491. The predicted molar refractivity (Wildman–Crippen MR) is 77.8 cm³/mol. The summed E-state index contributed by atoms with van der Waals surface area (Å²) in [4.78, 5) is 8.22. The molecule has 2 N–H and O–H groups in total. The maximum atomic E-state index is 5.73. The van der Waals surface area contributed by atoms with Crippen LogP contribution in [0.2, 0.25) is 0 Å². The highest BCUT2D eigenvalue weighted by Crippen LogP contribution is 2.24. The van der Waals surface area contributed by atoms with Gasteiger partial charge in [-0.15, -0.1) is 0 Å². The van der Waals surface area contributed by atoms with Gasteiger partial charge in [-0.05, 0) is 36.4 Å². The molecule has 0 atom stereocenters. The van der Waals surface area contributed by atoms with Gasteiger partial charge in [-0.25, -0.2) is 9.97 Å². The van der Waals surface area contributed by atoms with E-state index in [0.29, 0.717) is 5.82 Å². The number of aromatic nitrogens is 3. The zero-order valence-corrected chi connectivity index (χ0v) is 11.0. The van der Waals surface area contributed by atoms with Gasteiger partial charge in [-0.1, -0.05) is 0 Å². The largest absolute Gasteiger partial charge is 0.497 e. The van der Waals surface area contributed by atoms with Crippen LogP contribution in [0, 0.1) is 0 Å². The normalized spacial score (nSPS) is 10.4. The third-order valence-electron chi connectivity index (χ3n) is 3.07. The molecular formula is C15H14N4O. The van der Waals surface area contributed by atoms with Crippen molar-refractivity contribution in [3.8, 4) is 22.7 Å². The van der Waals surface area contributed by atoms with Gasteiger partial charge in [0.1, 0.15) is 11.6 Å². The Balaban J connectivity index is 2.05. The van der Waals surface area contributed by atoms with Gasteiger partial charge in [0, 0.05) is 17.4 Å². The number of rotatable bonds is 3. The van der Waals surface area contributed by atoms with Crippen LogP contribution in [0.5, 0.6) is 5.75 Å². The van der Waals surface area contributed by atoms with Crippen molar-refractivity contribution < 1.29 is 4.74 Å². The van der Waals surface area contributed by atoms with Gasteiger partial charge in [-0.2, -0.15) is 0 Å². The molecule has 0 saturated carbocycles. The Kier molecular flexibility index (Phi) is 3.09. The molecule has 3 rings (SSSR count). The van der Waals surface area contributed by atoms with Gasteiger partial charge < -0.3 is 10.5 Å². The fraction of sp³-hybridized carbons (Fsp3) is 0.0667. The fourth-order valence-electron chi connectivity index (χ4n) is 2.06. The molecule has 0 spiro atoms. The summed E-state index contributed by atoms with van der Waals surface area (Å²) in [5.41, 5.74) is 8.68. The number of nitrogen functional groups attached to an aromatic ring is 1. The van der Waals surface area contributed by atoms with Crippen molar-refractivity contribution in [2.45, 2.75) is 0 Å². The molecule has 5 nitrogen and oxygen atoms in total. The third kappa shape index (κ3) is 2.21. The number of hydrogen-bond acceptors (Lipinski definition) is 4. The molecule has 5 heteroatoms. The molecule has 2 aromatic heterocycles. The Morgan fingerprint density at radius 2 is 1.95 bits per heavy atom. The van der Waals surface area contributed by atoms with Crippen molar-refractivity contribution in [2.24, 2.45) is 0 Å². The van der Waals surface area contributed by atoms with Crippen LogP contribution < -0.4 is 10.5 Å². The van der Waals surface area contributed by atoms with Crippen LogP contribution in [0.3, 0.4) is 0 Å². The summed E-state index contributed by atoms with van der Waals surface area (Å²) >= 11 is 0. The number of imidazole rings is 1. The lowest BCUT2D eigenvalue weighted by molar-refractivity contribution is 0.415. The van der Waals surface area contributed by atoms with Crippen LogP contribution in [0.4, 0.5) is 5.82 Å². The number of anilines is 1. The lowest BCUT2D eigenvalue weighted by Gasteiger charge is -2.09. The van der Waals surface area contributed by atoms with Gasteiger partial charge in [0.05, 0.1) is 25.3 Å². The molecule has 1 aromatic carbocycles. The van der Waals surface area contributed by atoms with Crippen LogP contribution in [0.1, 0.15) is 0 Å². The molecule has 0 aliphatic rings. The standard InChI is InChI=1S/C15H14N4O/c1-20-13-4-2-12(3-5-13)19-10-17-9-14(19)11-6-7-18-15(16)8-11/h2-10H,1H3,(H2,16,18). The molecule has 0 unspecified atom stereocenters. The van der Waals surface area contributed by atoms with Crippen molar-refractivity contribution in [3.63, 3.8) is 0 Å². The predicted octanol–water partition coefficient (Wildman–Crippen LogP) is 2.53. The lowest BCUT2D eigenvalue weighted by atomic mass is 10.2. The molecule has 0 radical (unpaired) electrons. The molecule has 0 fully saturated rings. The third-order valence-corrected chi connectivity index (χ3v) is 3.07. The highest BCUT2D eigenvalue weighted by molar-refractivity contribution is 5.64. The van der Waals surface area contributed by atoms with Gasteiger partial charge in [-0.3, -0.25) is 4.57 Å². The highest BCUT2D eigenvalue weighted by atomic mass is 16.5. The second-order valence-corrected chi connectivity index (χ2v) is 4.32. The summed E-state index contributed by atoms with van der Waals surface area (Å²) in [6.07, 6.45) is 5.27. The number of pyridine rings is 1. The van der Waals surface area contributed by atoms with E-state index >= 15 is 0 Å². The number of ether oxygens (including phenoxy) is 1. The number of methoxy groups -OCH3 is 1. The SMILES string of the molecule is COc1ccc(-n2cncc2-c2ccnc(N)c2)cc1. The van der Waals surface area contributed by atoms with Gasteiger partial charge in [0.25, 0.3) is 0 Å². The fourth-order valence-corrected chi connectivity index (χ4v) is 2.06. The number of benzene rings is 1. The van der Waals surface area contributed by atoms with E-state index in [4.69, 9.17) is 10.5 Å². The van der Waals surface area contributed by atoms with Crippen molar-refractivity contribution in [1.82, 2.24) is 14.5 Å². The van der Waals surface area contributed by atoms with Gasteiger partial charge in [0.2, 0.25) is 0 Å². The first-order chi connectivity index (χ1) is 9.78. The lowest BCUT2D eigenvalue weighted by Crippen LogP contribution is -1.96. The first-order valence-corrected chi connectivity index (χ1v) is 6.16. The minimum Gasteiger partial charge on any atom is -0.497 e.